The van der Waals surface area contributed by atoms with Crippen molar-refractivity contribution in [3.63, 3.8) is 0 Å². The molecule has 0 spiro atoms. The molecule has 0 heterocycles. The van der Waals surface area contributed by atoms with E-state index >= 15 is 0 Å². The Labute approximate surface area is 90.4 Å². The first-order valence-corrected chi connectivity index (χ1v) is 4.42. The van der Waals surface area contributed by atoms with E-state index in [1.54, 1.807) is 0 Å². The molecule has 82 valence electrons. The molecule has 1 amide bonds. The number of halogens is 5. The summed E-state index contributed by atoms with van der Waals surface area (Å²) in [6, 6.07) is 1.43. The Morgan fingerprint density at radius 2 is 1.93 bits per heavy atom. The number of hydrogen-bond donors (Lipinski definition) is 1. The van der Waals surface area contributed by atoms with Crippen LogP contribution in [0.15, 0.2) is 16.6 Å². The summed E-state index contributed by atoms with van der Waals surface area (Å²) in [6.07, 6.45) is -4.51. The number of alkyl halides is 3. The molecule has 0 radical (unpaired) electrons. The van der Waals surface area contributed by atoms with Gasteiger partial charge in [0.2, 0.25) is 6.41 Å². The normalized spacial score (nSPS) is 11.3. The molecule has 2 nitrogen and oxygen atoms in total. The SMILES string of the molecule is O=CNc1cc(F)c(Br)c(C(F)(F)F)c1. The van der Waals surface area contributed by atoms with E-state index in [1.165, 1.54) is 0 Å². The fourth-order valence-electron chi connectivity index (χ4n) is 0.947. The summed E-state index contributed by atoms with van der Waals surface area (Å²) in [7, 11) is 0. The Bertz CT molecular complexity index is 391. The number of amides is 1. The van der Waals surface area contributed by atoms with E-state index in [0.29, 0.717) is 6.07 Å². The molecule has 1 rings (SSSR count). The zero-order chi connectivity index (χ0) is 11.6. The van der Waals surface area contributed by atoms with Gasteiger partial charge in [-0.2, -0.15) is 13.2 Å². The molecule has 0 unspecified atom stereocenters. The molecule has 1 aromatic carbocycles. The summed E-state index contributed by atoms with van der Waals surface area (Å²) in [6.45, 7) is 0. The molecule has 0 saturated carbocycles. The monoisotopic (exact) mass is 285 g/mol. The maximum Gasteiger partial charge on any atom is 0.417 e. The largest absolute Gasteiger partial charge is 0.417 e. The highest BCUT2D eigenvalue weighted by Gasteiger charge is 2.34. The van der Waals surface area contributed by atoms with Crippen LogP contribution in [0.4, 0.5) is 23.2 Å². The molecule has 0 aromatic heterocycles. The van der Waals surface area contributed by atoms with Gasteiger partial charge in [0.05, 0.1) is 10.0 Å². The number of carbonyl (C=O) groups is 1. The number of carbonyl (C=O) groups excluding carboxylic acids is 1. The van der Waals surface area contributed by atoms with Crippen molar-refractivity contribution in [2.45, 2.75) is 6.18 Å². The molecule has 0 aliphatic rings. The fourth-order valence-corrected chi connectivity index (χ4v) is 1.40. The lowest BCUT2D eigenvalue weighted by atomic mass is 10.2. The molecule has 1 aromatic rings. The van der Waals surface area contributed by atoms with E-state index in [0.717, 1.165) is 6.07 Å². The highest BCUT2D eigenvalue weighted by molar-refractivity contribution is 9.10. The Morgan fingerprint density at radius 1 is 1.33 bits per heavy atom. The van der Waals surface area contributed by atoms with E-state index in [2.05, 4.69) is 15.9 Å². The molecule has 0 bridgehead atoms. The summed E-state index contributed by atoms with van der Waals surface area (Å²) in [5, 5.41) is 1.95. The molecule has 1 N–H and O–H groups in total. The maximum atomic E-state index is 13.0. The summed E-state index contributed by atoms with van der Waals surface area (Å²) in [4.78, 5) is 10.0. The topological polar surface area (TPSA) is 29.1 Å². The lowest BCUT2D eigenvalue weighted by Crippen LogP contribution is -2.08. The molecule has 0 aliphatic carbocycles. The first-order chi connectivity index (χ1) is 6.86. The summed E-state index contributed by atoms with van der Waals surface area (Å²) in [5.41, 5.74) is -1.43. The van der Waals surface area contributed by atoms with Crippen LogP contribution in [-0.2, 0) is 11.0 Å². The van der Waals surface area contributed by atoms with Gasteiger partial charge in [0.1, 0.15) is 5.82 Å². The third-order valence-corrected chi connectivity index (χ3v) is 2.37. The van der Waals surface area contributed by atoms with Crippen LogP contribution in [0.1, 0.15) is 5.56 Å². The zero-order valence-electron chi connectivity index (χ0n) is 7.03. The lowest BCUT2D eigenvalue weighted by molar-refractivity contribution is -0.138. The van der Waals surface area contributed by atoms with Crippen LogP contribution in [0.3, 0.4) is 0 Å². The van der Waals surface area contributed by atoms with Crippen LogP contribution in [-0.4, -0.2) is 6.41 Å². The molecule has 7 heteroatoms. The van der Waals surface area contributed by atoms with Gasteiger partial charge in [-0.15, -0.1) is 0 Å². The molecule has 0 saturated heterocycles. The Morgan fingerprint density at radius 3 is 2.40 bits per heavy atom. The highest BCUT2D eigenvalue weighted by Crippen LogP contribution is 2.37. The Hall–Kier alpha value is -1.11. The van der Waals surface area contributed by atoms with Gasteiger partial charge in [-0.3, -0.25) is 4.79 Å². The Balaban J connectivity index is 3.31. The van der Waals surface area contributed by atoms with Gasteiger partial charge in [-0.1, -0.05) is 0 Å². The van der Waals surface area contributed by atoms with Gasteiger partial charge >= 0.3 is 6.18 Å². The van der Waals surface area contributed by atoms with Gasteiger partial charge in [-0.25, -0.2) is 4.39 Å². The van der Waals surface area contributed by atoms with Crippen molar-refractivity contribution in [2.24, 2.45) is 0 Å². The number of rotatable bonds is 2. The van der Waals surface area contributed by atoms with Crippen LogP contribution < -0.4 is 5.32 Å². The fraction of sp³-hybridized carbons (Fsp3) is 0.125. The van der Waals surface area contributed by atoms with E-state index < -0.39 is 22.0 Å². The predicted octanol–water partition coefficient (Wildman–Crippen LogP) is 3.18. The average Bonchev–Trinajstić information content (AvgIpc) is 2.09. The molecule has 0 aliphatic heterocycles. The molecular weight excluding hydrogens is 282 g/mol. The minimum Gasteiger partial charge on any atom is -0.329 e. The number of hydrogen-bond acceptors (Lipinski definition) is 1. The van der Waals surface area contributed by atoms with Crippen LogP contribution in [0, 0.1) is 5.82 Å². The average molecular weight is 286 g/mol. The zero-order valence-corrected chi connectivity index (χ0v) is 8.62. The second-order valence-electron chi connectivity index (χ2n) is 2.58. The smallest absolute Gasteiger partial charge is 0.329 e. The third kappa shape index (κ3) is 2.68. The van der Waals surface area contributed by atoms with Gasteiger partial charge in [0.15, 0.2) is 0 Å². The van der Waals surface area contributed by atoms with Gasteiger partial charge in [-0.05, 0) is 28.1 Å². The van der Waals surface area contributed by atoms with E-state index in [1.807, 2.05) is 5.32 Å². The van der Waals surface area contributed by atoms with Crippen molar-refractivity contribution in [3.05, 3.63) is 28.0 Å². The van der Waals surface area contributed by atoms with E-state index in [4.69, 9.17) is 0 Å². The quantitative estimate of drug-likeness (QED) is 0.656. The number of anilines is 1. The first kappa shape index (κ1) is 12.0. The van der Waals surface area contributed by atoms with Crippen molar-refractivity contribution in [1.82, 2.24) is 0 Å². The van der Waals surface area contributed by atoms with Gasteiger partial charge < -0.3 is 5.32 Å². The predicted molar refractivity (Wildman–Crippen MR) is 48.8 cm³/mol. The Kier molecular flexibility index (Phi) is 3.33. The molecule has 0 fully saturated rings. The third-order valence-electron chi connectivity index (χ3n) is 1.56. The van der Waals surface area contributed by atoms with Crippen molar-refractivity contribution in [1.29, 1.82) is 0 Å². The van der Waals surface area contributed by atoms with Crippen LogP contribution in [0.5, 0.6) is 0 Å². The van der Waals surface area contributed by atoms with E-state index in [-0.39, 0.29) is 12.1 Å². The van der Waals surface area contributed by atoms with Crippen LogP contribution >= 0.6 is 15.9 Å². The highest BCUT2D eigenvalue weighted by atomic mass is 79.9. The van der Waals surface area contributed by atoms with Crippen molar-refractivity contribution in [3.8, 4) is 0 Å². The maximum absolute atomic E-state index is 13.0. The minimum absolute atomic E-state index is 0.169. The summed E-state index contributed by atoms with van der Waals surface area (Å²) >= 11 is 2.49. The number of benzene rings is 1. The van der Waals surface area contributed by atoms with Crippen LogP contribution in [0.2, 0.25) is 0 Å². The minimum atomic E-state index is -4.68. The van der Waals surface area contributed by atoms with Crippen molar-refractivity contribution >= 4 is 28.0 Å². The lowest BCUT2D eigenvalue weighted by Gasteiger charge is -2.11. The first-order valence-electron chi connectivity index (χ1n) is 3.62. The van der Waals surface area contributed by atoms with Crippen LogP contribution in [0.25, 0.3) is 0 Å². The molecule has 15 heavy (non-hydrogen) atoms. The second-order valence-corrected chi connectivity index (χ2v) is 3.37. The van der Waals surface area contributed by atoms with Crippen molar-refractivity contribution < 1.29 is 22.4 Å². The standard InChI is InChI=1S/C8H4BrF4NO/c9-7-5(8(11,12)13)1-4(14-3-15)2-6(7)10/h1-3H,(H,14,15). The van der Waals surface area contributed by atoms with E-state index in [9.17, 15) is 22.4 Å². The molecule has 0 atom stereocenters. The van der Waals surface area contributed by atoms with Gasteiger partial charge in [0, 0.05) is 5.69 Å². The summed E-state index contributed by atoms with van der Waals surface area (Å²) < 4.78 is 49.3. The van der Waals surface area contributed by atoms with Crippen molar-refractivity contribution in [2.75, 3.05) is 5.32 Å². The number of nitrogens with one attached hydrogen (secondary N) is 1. The molecular formula is C8H4BrF4NO. The second kappa shape index (κ2) is 4.18. The summed E-state index contributed by atoms with van der Waals surface area (Å²) in [5.74, 6) is -1.09. The van der Waals surface area contributed by atoms with Gasteiger partial charge in [0.25, 0.3) is 0 Å².